The van der Waals surface area contributed by atoms with Crippen LogP contribution in [0.4, 0.5) is 0 Å². The second-order valence-electron chi connectivity index (χ2n) is 6.20. The Hall–Kier alpha value is -1.62. The van der Waals surface area contributed by atoms with Gasteiger partial charge in [0, 0.05) is 11.6 Å². The largest absolute Gasteiger partial charge is 0.243 e. The van der Waals surface area contributed by atoms with Crippen molar-refractivity contribution in [3.8, 4) is 0 Å². The quantitative estimate of drug-likeness (QED) is 0.735. The van der Waals surface area contributed by atoms with Crippen LogP contribution >= 0.6 is 11.6 Å². The summed E-state index contributed by atoms with van der Waals surface area (Å²) >= 11 is 5.90. The average Bonchev–Trinajstić information content (AvgIpc) is 2.58. The number of hydrogen-bond donors (Lipinski definition) is 0. The van der Waals surface area contributed by atoms with Gasteiger partial charge in [0.2, 0.25) is 10.0 Å². The maximum absolute atomic E-state index is 13.2. The number of hydrogen-bond acceptors (Lipinski definition) is 2. The fourth-order valence-electron chi connectivity index (χ4n) is 3.00. The van der Waals surface area contributed by atoms with Crippen molar-refractivity contribution in [1.29, 1.82) is 0 Å². The maximum Gasteiger partial charge on any atom is 0.243 e. The lowest BCUT2D eigenvalue weighted by Crippen LogP contribution is -2.39. The summed E-state index contributed by atoms with van der Waals surface area (Å²) in [5.41, 5.74) is 3.38. The molecule has 0 spiro atoms. The van der Waals surface area contributed by atoms with Gasteiger partial charge in [0.15, 0.2) is 0 Å². The summed E-state index contributed by atoms with van der Waals surface area (Å²) < 4.78 is 28.0. The molecule has 2 aromatic rings. The third-order valence-electron chi connectivity index (χ3n) is 4.57. The van der Waals surface area contributed by atoms with Gasteiger partial charge in [-0.15, -0.1) is 0 Å². The fourth-order valence-corrected chi connectivity index (χ4v) is 4.77. The van der Waals surface area contributed by atoms with Gasteiger partial charge in [-0.25, -0.2) is 8.42 Å². The molecule has 0 amide bonds. The number of rotatable bonds is 3. The molecule has 1 aliphatic rings. The van der Waals surface area contributed by atoms with Gasteiger partial charge in [-0.05, 0) is 50.1 Å². The Kier molecular flexibility index (Phi) is 4.81. The van der Waals surface area contributed by atoms with E-state index in [2.05, 4.69) is 6.92 Å². The molecule has 0 bridgehead atoms. The minimum atomic E-state index is -3.59. The van der Waals surface area contributed by atoms with Gasteiger partial charge < -0.3 is 0 Å². The van der Waals surface area contributed by atoms with Crippen LogP contribution in [-0.2, 0) is 10.0 Å². The molecule has 0 fully saturated rings. The predicted molar refractivity (Wildman–Crippen MR) is 97.5 cm³/mol. The van der Waals surface area contributed by atoms with Crippen molar-refractivity contribution in [2.24, 2.45) is 0 Å². The summed E-state index contributed by atoms with van der Waals surface area (Å²) in [6, 6.07) is 16.0. The first kappa shape index (κ1) is 17.2. The van der Waals surface area contributed by atoms with Crippen LogP contribution in [0.5, 0.6) is 0 Å². The van der Waals surface area contributed by atoms with Crippen LogP contribution in [0.2, 0.25) is 5.02 Å². The van der Waals surface area contributed by atoms with Crippen LogP contribution < -0.4 is 0 Å². The van der Waals surface area contributed by atoms with Crippen LogP contribution in [0.15, 0.2) is 70.6 Å². The molecule has 5 heteroatoms. The molecule has 0 unspecified atom stereocenters. The Bertz CT molecular complexity index is 858. The Labute approximate surface area is 148 Å². The summed E-state index contributed by atoms with van der Waals surface area (Å²) in [7, 11) is -3.59. The van der Waals surface area contributed by atoms with Crippen LogP contribution in [-0.4, -0.2) is 19.3 Å². The summed E-state index contributed by atoms with van der Waals surface area (Å²) in [6.45, 7) is 4.49. The average molecular weight is 362 g/mol. The minimum Gasteiger partial charge on any atom is -0.207 e. The lowest BCUT2D eigenvalue weighted by Gasteiger charge is -2.36. The molecule has 0 saturated carbocycles. The molecule has 0 radical (unpaired) electrons. The van der Waals surface area contributed by atoms with Gasteiger partial charge in [0.05, 0.1) is 10.9 Å². The zero-order chi connectivity index (χ0) is 17.3. The normalized spacial score (nSPS) is 19.5. The molecule has 3 rings (SSSR count). The van der Waals surface area contributed by atoms with Crippen molar-refractivity contribution in [2.75, 3.05) is 6.54 Å². The molecule has 2 aromatic carbocycles. The van der Waals surface area contributed by atoms with Gasteiger partial charge in [-0.2, -0.15) is 4.31 Å². The third-order valence-corrected chi connectivity index (χ3v) is 6.69. The van der Waals surface area contributed by atoms with Crippen molar-refractivity contribution in [2.45, 2.75) is 31.2 Å². The van der Waals surface area contributed by atoms with Crippen molar-refractivity contribution < 1.29 is 8.42 Å². The molecule has 3 nitrogen and oxygen atoms in total. The first-order valence-electron chi connectivity index (χ1n) is 7.87. The highest BCUT2D eigenvalue weighted by Crippen LogP contribution is 2.37. The van der Waals surface area contributed by atoms with E-state index in [-0.39, 0.29) is 10.9 Å². The number of nitrogens with zero attached hydrogens (tertiary/aromatic N) is 1. The van der Waals surface area contributed by atoms with Gasteiger partial charge >= 0.3 is 0 Å². The number of benzene rings is 2. The smallest absolute Gasteiger partial charge is 0.207 e. The summed E-state index contributed by atoms with van der Waals surface area (Å²) in [6.07, 6.45) is 0.711. The second-order valence-corrected chi connectivity index (χ2v) is 8.52. The first-order valence-corrected chi connectivity index (χ1v) is 9.69. The Balaban J connectivity index is 2.06. The van der Waals surface area contributed by atoms with E-state index in [0.717, 1.165) is 11.1 Å². The lowest BCUT2D eigenvalue weighted by molar-refractivity contribution is 0.323. The third kappa shape index (κ3) is 3.27. The SMILES string of the molecule is CC1=C(C)CN(S(=O)(=O)c2ccc(Cl)cc2)[C@@H](c2ccccc2)C1. The molecule has 24 heavy (non-hydrogen) atoms. The zero-order valence-corrected chi connectivity index (χ0v) is 15.3. The van der Waals surface area contributed by atoms with Crippen molar-refractivity contribution in [1.82, 2.24) is 4.31 Å². The summed E-state index contributed by atoms with van der Waals surface area (Å²) in [5, 5.41) is 0.527. The minimum absolute atomic E-state index is 0.185. The fraction of sp³-hybridized carbons (Fsp3) is 0.263. The molecule has 0 saturated heterocycles. The zero-order valence-electron chi connectivity index (χ0n) is 13.7. The van der Waals surface area contributed by atoms with E-state index in [0.29, 0.717) is 18.0 Å². The van der Waals surface area contributed by atoms with Crippen LogP contribution in [0.25, 0.3) is 0 Å². The highest BCUT2D eigenvalue weighted by Gasteiger charge is 2.35. The van der Waals surface area contributed by atoms with Gasteiger partial charge in [0.1, 0.15) is 0 Å². The van der Waals surface area contributed by atoms with Crippen LogP contribution in [0, 0.1) is 0 Å². The maximum atomic E-state index is 13.2. The van der Waals surface area contributed by atoms with Gasteiger partial charge in [-0.1, -0.05) is 53.1 Å². The first-order chi connectivity index (χ1) is 11.4. The Morgan fingerprint density at radius 1 is 0.958 bits per heavy atom. The predicted octanol–water partition coefficient (Wildman–Crippen LogP) is 4.81. The number of sulfonamides is 1. The monoisotopic (exact) mass is 361 g/mol. The molecule has 1 heterocycles. The lowest BCUT2D eigenvalue weighted by atomic mass is 9.93. The van der Waals surface area contributed by atoms with E-state index in [4.69, 9.17) is 11.6 Å². The molecule has 0 N–H and O–H groups in total. The number of halogens is 1. The molecule has 0 aliphatic carbocycles. The van der Waals surface area contributed by atoms with Crippen molar-refractivity contribution in [3.05, 3.63) is 76.3 Å². The second kappa shape index (κ2) is 6.71. The van der Waals surface area contributed by atoms with E-state index in [1.165, 1.54) is 5.57 Å². The molecule has 1 aliphatic heterocycles. The van der Waals surface area contributed by atoms with Crippen LogP contribution in [0.3, 0.4) is 0 Å². The van der Waals surface area contributed by atoms with E-state index in [9.17, 15) is 8.42 Å². The van der Waals surface area contributed by atoms with E-state index < -0.39 is 10.0 Å². The topological polar surface area (TPSA) is 37.4 Å². The molecular weight excluding hydrogens is 342 g/mol. The van der Waals surface area contributed by atoms with E-state index in [1.54, 1.807) is 28.6 Å². The van der Waals surface area contributed by atoms with Gasteiger partial charge in [-0.3, -0.25) is 0 Å². The molecule has 0 aromatic heterocycles. The molecular formula is C19H20ClNO2S. The highest BCUT2D eigenvalue weighted by atomic mass is 35.5. The summed E-state index contributed by atoms with van der Waals surface area (Å²) in [4.78, 5) is 0.278. The van der Waals surface area contributed by atoms with E-state index >= 15 is 0 Å². The summed E-state index contributed by atoms with van der Waals surface area (Å²) in [5.74, 6) is 0. The van der Waals surface area contributed by atoms with Gasteiger partial charge in [0.25, 0.3) is 0 Å². The van der Waals surface area contributed by atoms with Crippen molar-refractivity contribution >= 4 is 21.6 Å². The molecule has 1 atom stereocenters. The Morgan fingerprint density at radius 2 is 1.58 bits per heavy atom. The van der Waals surface area contributed by atoms with E-state index in [1.807, 2.05) is 37.3 Å². The highest BCUT2D eigenvalue weighted by molar-refractivity contribution is 7.89. The Morgan fingerprint density at radius 3 is 2.21 bits per heavy atom. The van der Waals surface area contributed by atoms with Crippen molar-refractivity contribution in [3.63, 3.8) is 0 Å². The molecule has 126 valence electrons. The standard InChI is InChI=1S/C19H20ClNO2S/c1-14-12-19(16-6-4-3-5-7-16)21(13-15(14)2)24(22,23)18-10-8-17(20)9-11-18/h3-11,19H,12-13H2,1-2H3/t19-/m1/s1. The van der Waals surface area contributed by atoms with Crippen LogP contribution in [0.1, 0.15) is 31.9 Å².